The van der Waals surface area contributed by atoms with Gasteiger partial charge in [-0.05, 0) is 36.9 Å². The summed E-state index contributed by atoms with van der Waals surface area (Å²) in [6.07, 6.45) is 2.13. The second-order valence-electron chi connectivity index (χ2n) is 4.36. The zero-order chi connectivity index (χ0) is 12.3. The Morgan fingerprint density at radius 2 is 2.24 bits per heavy atom. The van der Waals surface area contributed by atoms with Crippen LogP contribution in [0.1, 0.15) is 18.4 Å². The van der Waals surface area contributed by atoms with E-state index in [-0.39, 0.29) is 6.10 Å². The molecule has 1 aromatic carbocycles. The molecule has 0 saturated carbocycles. The van der Waals surface area contributed by atoms with E-state index in [0.717, 1.165) is 30.8 Å². The van der Waals surface area contributed by atoms with Crippen LogP contribution in [0.2, 0.25) is 0 Å². The summed E-state index contributed by atoms with van der Waals surface area (Å²) in [5.74, 6) is 0.782. The van der Waals surface area contributed by atoms with E-state index in [9.17, 15) is 0 Å². The third kappa shape index (κ3) is 3.22. The van der Waals surface area contributed by atoms with Crippen LogP contribution < -0.4 is 10.2 Å². The summed E-state index contributed by atoms with van der Waals surface area (Å²) < 4.78 is 11.2. The minimum Gasteiger partial charge on any atom is -0.488 e. The molecule has 1 unspecified atom stereocenters. The molecular formula is C12H17BO4. The molecule has 1 aliphatic rings. The summed E-state index contributed by atoms with van der Waals surface area (Å²) in [6.45, 7) is 3.34. The van der Waals surface area contributed by atoms with E-state index in [1.165, 1.54) is 0 Å². The molecule has 5 heteroatoms. The Morgan fingerprint density at radius 1 is 1.41 bits per heavy atom. The number of hydrogen-bond acceptors (Lipinski definition) is 4. The zero-order valence-electron chi connectivity index (χ0n) is 9.93. The summed E-state index contributed by atoms with van der Waals surface area (Å²) in [6, 6.07) is 5.17. The summed E-state index contributed by atoms with van der Waals surface area (Å²) in [7, 11) is -1.43. The van der Waals surface area contributed by atoms with Crippen LogP contribution >= 0.6 is 0 Å². The molecule has 1 aliphatic heterocycles. The number of aryl methyl sites for hydroxylation is 1. The smallest absolute Gasteiger partial charge is 0.488 e. The van der Waals surface area contributed by atoms with Crippen molar-refractivity contribution in [2.24, 2.45) is 0 Å². The predicted octanol–water partition coefficient (Wildman–Crippen LogP) is 0.233. The molecule has 0 radical (unpaired) electrons. The van der Waals surface area contributed by atoms with Gasteiger partial charge in [-0.25, -0.2) is 0 Å². The van der Waals surface area contributed by atoms with E-state index in [1.807, 2.05) is 6.92 Å². The lowest BCUT2D eigenvalue weighted by Gasteiger charge is -2.24. The Hall–Kier alpha value is -1.04. The highest BCUT2D eigenvalue weighted by molar-refractivity contribution is 6.58. The van der Waals surface area contributed by atoms with Crippen molar-refractivity contribution in [1.29, 1.82) is 0 Å². The monoisotopic (exact) mass is 236 g/mol. The largest absolute Gasteiger partial charge is 0.488 e. The van der Waals surface area contributed by atoms with E-state index in [4.69, 9.17) is 19.5 Å². The van der Waals surface area contributed by atoms with Gasteiger partial charge in [-0.1, -0.05) is 12.1 Å². The van der Waals surface area contributed by atoms with Crippen LogP contribution in [0.4, 0.5) is 0 Å². The molecule has 92 valence electrons. The molecule has 1 heterocycles. The first-order chi connectivity index (χ1) is 8.16. The molecule has 0 aromatic heterocycles. The molecule has 4 nitrogen and oxygen atoms in total. The molecule has 0 amide bonds. The van der Waals surface area contributed by atoms with E-state index < -0.39 is 7.12 Å². The second-order valence-corrected chi connectivity index (χ2v) is 4.36. The third-order valence-electron chi connectivity index (χ3n) is 2.91. The van der Waals surface area contributed by atoms with E-state index >= 15 is 0 Å². The summed E-state index contributed by atoms with van der Waals surface area (Å²) >= 11 is 0. The number of ether oxygens (including phenoxy) is 2. The Balaban J connectivity index is 2.05. The van der Waals surface area contributed by atoms with Gasteiger partial charge < -0.3 is 19.5 Å². The van der Waals surface area contributed by atoms with Crippen molar-refractivity contribution in [2.45, 2.75) is 25.9 Å². The zero-order valence-corrected chi connectivity index (χ0v) is 9.93. The molecule has 17 heavy (non-hydrogen) atoms. The molecule has 0 spiro atoms. The molecule has 1 atom stereocenters. The maximum absolute atomic E-state index is 9.06. The van der Waals surface area contributed by atoms with Gasteiger partial charge in [0.05, 0.1) is 6.61 Å². The van der Waals surface area contributed by atoms with Crippen LogP contribution in [0.15, 0.2) is 18.2 Å². The fourth-order valence-corrected chi connectivity index (χ4v) is 1.95. The average Bonchev–Trinajstić information content (AvgIpc) is 2.33. The van der Waals surface area contributed by atoms with Crippen molar-refractivity contribution in [2.75, 3.05) is 13.2 Å². The van der Waals surface area contributed by atoms with Gasteiger partial charge in [-0.2, -0.15) is 0 Å². The van der Waals surface area contributed by atoms with Crippen molar-refractivity contribution in [3.63, 3.8) is 0 Å². The van der Waals surface area contributed by atoms with E-state index in [0.29, 0.717) is 12.1 Å². The van der Waals surface area contributed by atoms with E-state index in [1.54, 1.807) is 18.2 Å². The first-order valence-corrected chi connectivity index (χ1v) is 5.88. The van der Waals surface area contributed by atoms with Gasteiger partial charge in [0.15, 0.2) is 0 Å². The van der Waals surface area contributed by atoms with Crippen molar-refractivity contribution >= 4 is 12.6 Å². The van der Waals surface area contributed by atoms with Gasteiger partial charge in [0.2, 0.25) is 0 Å². The van der Waals surface area contributed by atoms with Gasteiger partial charge in [-0.15, -0.1) is 0 Å². The van der Waals surface area contributed by atoms with Gasteiger partial charge in [0.25, 0.3) is 0 Å². The SMILES string of the molecule is Cc1cc(B(O)O)ccc1OC1CCCOC1. The number of hydrogen-bond donors (Lipinski definition) is 2. The fourth-order valence-electron chi connectivity index (χ4n) is 1.95. The number of benzene rings is 1. The molecule has 1 aromatic rings. The first-order valence-electron chi connectivity index (χ1n) is 5.88. The molecule has 2 N–H and O–H groups in total. The quantitative estimate of drug-likeness (QED) is 0.737. The topological polar surface area (TPSA) is 58.9 Å². The van der Waals surface area contributed by atoms with Crippen molar-refractivity contribution in [3.8, 4) is 5.75 Å². The van der Waals surface area contributed by atoms with Gasteiger partial charge >= 0.3 is 7.12 Å². The molecular weight excluding hydrogens is 219 g/mol. The standard InChI is InChI=1S/C12H17BO4/c1-9-7-10(13(14)15)4-5-12(9)17-11-3-2-6-16-8-11/h4-5,7,11,14-15H,2-3,6,8H2,1H3. The molecule has 0 bridgehead atoms. The Bertz CT molecular complexity index is 375. The Morgan fingerprint density at radius 3 is 2.82 bits per heavy atom. The lowest BCUT2D eigenvalue weighted by molar-refractivity contribution is 0.00716. The van der Waals surface area contributed by atoms with Crippen molar-refractivity contribution in [1.82, 2.24) is 0 Å². The fraction of sp³-hybridized carbons (Fsp3) is 0.500. The molecule has 1 fully saturated rings. The number of rotatable bonds is 3. The highest BCUT2D eigenvalue weighted by Crippen LogP contribution is 2.20. The normalized spacial score (nSPS) is 20.1. The summed E-state index contributed by atoms with van der Waals surface area (Å²) in [4.78, 5) is 0. The minimum atomic E-state index is -1.43. The van der Waals surface area contributed by atoms with Gasteiger partial charge in [0.1, 0.15) is 11.9 Å². The maximum Gasteiger partial charge on any atom is 0.488 e. The highest BCUT2D eigenvalue weighted by atomic mass is 16.5. The van der Waals surface area contributed by atoms with Crippen LogP contribution in [0.3, 0.4) is 0 Å². The lowest BCUT2D eigenvalue weighted by atomic mass is 9.79. The second kappa shape index (κ2) is 5.53. The van der Waals surface area contributed by atoms with Gasteiger partial charge in [-0.3, -0.25) is 0 Å². The van der Waals surface area contributed by atoms with Gasteiger partial charge in [0, 0.05) is 6.61 Å². The van der Waals surface area contributed by atoms with Crippen LogP contribution in [-0.2, 0) is 4.74 Å². The van der Waals surface area contributed by atoms with Crippen LogP contribution in [-0.4, -0.2) is 36.5 Å². The summed E-state index contributed by atoms with van der Waals surface area (Å²) in [5.41, 5.74) is 1.39. The molecule has 1 saturated heterocycles. The third-order valence-corrected chi connectivity index (χ3v) is 2.91. The van der Waals surface area contributed by atoms with E-state index in [2.05, 4.69) is 0 Å². The Labute approximate surface area is 101 Å². The molecule has 2 rings (SSSR count). The van der Waals surface area contributed by atoms with Crippen LogP contribution in [0.25, 0.3) is 0 Å². The maximum atomic E-state index is 9.06. The first kappa shape index (κ1) is 12.4. The van der Waals surface area contributed by atoms with Crippen molar-refractivity contribution in [3.05, 3.63) is 23.8 Å². The van der Waals surface area contributed by atoms with Crippen molar-refractivity contribution < 1.29 is 19.5 Å². The molecule has 0 aliphatic carbocycles. The minimum absolute atomic E-state index is 0.104. The average molecular weight is 236 g/mol. The highest BCUT2D eigenvalue weighted by Gasteiger charge is 2.17. The lowest BCUT2D eigenvalue weighted by Crippen LogP contribution is -2.31. The summed E-state index contributed by atoms with van der Waals surface area (Å²) in [5, 5.41) is 18.1. The predicted molar refractivity (Wildman–Crippen MR) is 65.5 cm³/mol. The Kier molecular flexibility index (Phi) is 4.04. The van der Waals surface area contributed by atoms with Crippen LogP contribution in [0.5, 0.6) is 5.75 Å². The van der Waals surface area contributed by atoms with Crippen LogP contribution in [0, 0.1) is 6.92 Å².